The van der Waals surface area contributed by atoms with Crippen LogP contribution in [0.2, 0.25) is 0 Å². The minimum atomic E-state index is -3.69. The number of para-hydroxylation sites is 1. The van der Waals surface area contributed by atoms with E-state index in [0.29, 0.717) is 18.8 Å². The summed E-state index contributed by atoms with van der Waals surface area (Å²) >= 11 is 0. The first kappa shape index (κ1) is 19.2. The van der Waals surface area contributed by atoms with Gasteiger partial charge >= 0.3 is 5.69 Å². The first-order valence-electron chi connectivity index (χ1n) is 8.65. The zero-order valence-electron chi connectivity index (χ0n) is 15.3. The Hall–Kier alpha value is -2.52. The van der Waals surface area contributed by atoms with Crippen LogP contribution in [0.3, 0.4) is 0 Å². The zero-order valence-corrected chi connectivity index (χ0v) is 16.1. The largest absolute Gasteiger partial charge is 0.363 e. The van der Waals surface area contributed by atoms with E-state index in [-0.39, 0.29) is 16.6 Å². The average Bonchev–Trinajstić information content (AvgIpc) is 2.67. The van der Waals surface area contributed by atoms with Crippen LogP contribution in [0.15, 0.2) is 47.6 Å². The normalized spacial score (nSPS) is 16.9. The van der Waals surface area contributed by atoms with Crippen molar-refractivity contribution in [3.8, 4) is 0 Å². The zero-order chi connectivity index (χ0) is 19.6. The summed E-state index contributed by atoms with van der Waals surface area (Å²) in [5.41, 5.74) is 1.14. The summed E-state index contributed by atoms with van der Waals surface area (Å²) in [4.78, 5) is 19.1. The molecule has 1 aliphatic rings. The van der Waals surface area contributed by atoms with Gasteiger partial charge in [-0.05, 0) is 30.7 Å². The van der Waals surface area contributed by atoms with Gasteiger partial charge in [-0.15, -0.1) is 0 Å². The van der Waals surface area contributed by atoms with Crippen LogP contribution in [0.1, 0.15) is 18.5 Å². The van der Waals surface area contributed by atoms with Gasteiger partial charge in [0.2, 0.25) is 0 Å². The Labute approximate surface area is 158 Å². The molecule has 144 valence electrons. The van der Waals surface area contributed by atoms with Crippen LogP contribution in [0.4, 0.5) is 11.4 Å². The number of anilines is 1. The number of nitro benzene ring substituents is 1. The topological polar surface area (TPSA) is 96.7 Å². The van der Waals surface area contributed by atoms with E-state index in [1.807, 2.05) is 23.2 Å². The first-order valence-corrected chi connectivity index (χ1v) is 10.5. The lowest BCUT2D eigenvalue weighted by Gasteiger charge is -2.39. The molecule has 0 radical (unpaired) electrons. The Bertz CT molecular complexity index is 926. The summed E-state index contributed by atoms with van der Waals surface area (Å²) in [5, 5.41) is 11.6. The molecule has 1 atom stereocenters. The number of nitrogens with zero attached hydrogens (tertiary/aromatic N) is 4. The van der Waals surface area contributed by atoms with Gasteiger partial charge in [-0.1, -0.05) is 12.1 Å². The Balaban J connectivity index is 1.82. The highest BCUT2D eigenvalue weighted by Gasteiger charge is 2.31. The Morgan fingerprint density at radius 2 is 1.85 bits per heavy atom. The third-order valence-electron chi connectivity index (χ3n) is 4.93. The molecule has 1 aromatic carbocycles. The molecule has 0 amide bonds. The average molecular weight is 390 g/mol. The summed E-state index contributed by atoms with van der Waals surface area (Å²) in [6.07, 6.45) is 4.58. The predicted octanol–water partition coefficient (Wildman–Crippen LogP) is 2.28. The molecule has 0 saturated carbocycles. The molecule has 1 aromatic heterocycles. The van der Waals surface area contributed by atoms with Gasteiger partial charge in [-0.25, -0.2) is 8.42 Å². The molecule has 2 heterocycles. The highest BCUT2D eigenvalue weighted by atomic mass is 32.2. The third kappa shape index (κ3) is 4.09. The summed E-state index contributed by atoms with van der Waals surface area (Å²) in [5.74, 6) is 0. The van der Waals surface area contributed by atoms with Crippen LogP contribution in [0.25, 0.3) is 0 Å². The number of sulfone groups is 1. The number of nitro groups is 1. The van der Waals surface area contributed by atoms with Crippen LogP contribution < -0.4 is 4.90 Å². The van der Waals surface area contributed by atoms with Crippen molar-refractivity contribution in [2.45, 2.75) is 17.9 Å². The lowest BCUT2D eigenvalue weighted by Crippen LogP contribution is -2.47. The quantitative estimate of drug-likeness (QED) is 0.571. The van der Waals surface area contributed by atoms with Gasteiger partial charge in [0, 0.05) is 50.9 Å². The summed E-state index contributed by atoms with van der Waals surface area (Å²) in [6, 6.07) is 8.60. The van der Waals surface area contributed by atoms with E-state index in [9.17, 15) is 18.5 Å². The first-order chi connectivity index (χ1) is 12.8. The van der Waals surface area contributed by atoms with Gasteiger partial charge in [0.15, 0.2) is 9.84 Å². The van der Waals surface area contributed by atoms with Crippen molar-refractivity contribution in [2.75, 3.05) is 37.3 Å². The third-order valence-corrected chi connectivity index (χ3v) is 6.06. The highest BCUT2D eigenvalue weighted by molar-refractivity contribution is 7.90. The van der Waals surface area contributed by atoms with Gasteiger partial charge in [0.25, 0.3) is 0 Å². The SMILES string of the molecule is CC(c1cccnc1)N1CCN(c2cccc(S(C)(=O)=O)c2[N+](=O)[O-])CC1. The molecule has 1 fully saturated rings. The molecule has 1 saturated heterocycles. The molecule has 8 nitrogen and oxygen atoms in total. The van der Waals surface area contributed by atoms with Gasteiger partial charge in [-0.3, -0.25) is 20.0 Å². The number of benzene rings is 1. The second-order valence-corrected chi connectivity index (χ2v) is 8.62. The molecule has 9 heteroatoms. The van der Waals surface area contributed by atoms with E-state index in [1.54, 1.807) is 18.3 Å². The van der Waals surface area contributed by atoms with Gasteiger partial charge in [-0.2, -0.15) is 0 Å². The van der Waals surface area contributed by atoms with E-state index >= 15 is 0 Å². The predicted molar refractivity (Wildman–Crippen MR) is 103 cm³/mol. The molecule has 0 spiro atoms. The molecular weight excluding hydrogens is 368 g/mol. The Morgan fingerprint density at radius 1 is 1.15 bits per heavy atom. The van der Waals surface area contributed by atoms with E-state index in [4.69, 9.17) is 0 Å². The lowest BCUT2D eigenvalue weighted by molar-refractivity contribution is -0.387. The van der Waals surface area contributed by atoms with E-state index < -0.39 is 14.8 Å². The van der Waals surface area contributed by atoms with E-state index in [0.717, 1.165) is 24.9 Å². The molecule has 0 aliphatic carbocycles. The van der Waals surface area contributed by atoms with Gasteiger partial charge in [0.1, 0.15) is 10.6 Å². The van der Waals surface area contributed by atoms with Gasteiger partial charge in [0.05, 0.1) is 4.92 Å². The number of pyridine rings is 1. The van der Waals surface area contributed by atoms with Crippen LogP contribution >= 0.6 is 0 Å². The maximum absolute atomic E-state index is 12.0. The molecule has 0 N–H and O–H groups in total. The summed E-state index contributed by atoms with van der Waals surface area (Å²) < 4.78 is 23.9. The van der Waals surface area contributed by atoms with Crippen molar-refractivity contribution in [1.29, 1.82) is 0 Å². The lowest BCUT2D eigenvalue weighted by atomic mass is 10.1. The van der Waals surface area contributed by atoms with Crippen molar-refractivity contribution >= 4 is 21.2 Å². The number of hydrogen-bond acceptors (Lipinski definition) is 7. The standard InChI is InChI=1S/C18H22N4O4S/c1-14(15-5-4-8-19-13-15)20-9-11-21(12-10-20)16-6-3-7-17(27(2,25)26)18(16)22(23)24/h3-8,13-14H,9-12H2,1-2H3. The second-order valence-electron chi connectivity index (χ2n) is 6.64. The Kier molecular flexibility index (Phi) is 5.43. The van der Waals surface area contributed by atoms with Crippen LogP contribution in [-0.4, -0.2) is 55.7 Å². The molecule has 1 unspecified atom stereocenters. The van der Waals surface area contributed by atoms with Crippen LogP contribution in [0, 0.1) is 10.1 Å². The van der Waals surface area contributed by atoms with E-state index in [1.165, 1.54) is 6.07 Å². The fraction of sp³-hybridized carbons (Fsp3) is 0.389. The van der Waals surface area contributed by atoms with Crippen molar-refractivity contribution in [3.05, 3.63) is 58.4 Å². The minimum absolute atomic E-state index is 0.193. The van der Waals surface area contributed by atoms with Crippen molar-refractivity contribution in [1.82, 2.24) is 9.88 Å². The van der Waals surface area contributed by atoms with Gasteiger partial charge < -0.3 is 4.90 Å². The number of hydrogen-bond donors (Lipinski definition) is 0. The molecule has 1 aliphatic heterocycles. The van der Waals surface area contributed by atoms with Crippen LogP contribution in [-0.2, 0) is 9.84 Å². The monoisotopic (exact) mass is 390 g/mol. The summed E-state index contributed by atoms with van der Waals surface area (Å²) in [7, 11) is -3.69. The molecule has 27 heavy (non-hydrogen) atoms. The number of piperazine rings is 1. The molecule has 2 aromatic rings. The van der Waals surface area contributed by atoms with Crippen LogP contribution in [0.5, 0.6) is 0 Å². The second kappa shape index (κ2) is 7.61. The van der Waals surface area contributed by atoms with Crippen molar-refractivity contribution in [3.63, 3.8) is 0 Å². The molecular formula is C18H22N4O4S. The minimum Gasteiger partial charge on any atom is -0.363 e. The van der Waals surface area contributed by atoms with E-state index in [2.05, 4.69) is 16.8 Å². The fourth-order valence-electron chi connectivity index (χ4n) is 3.43. The summed E-state index contributed by atoms with van der Waals surface area (Å²) in [6.45, 7) is 4.71. The maximum atomic E-state index is 12.0. The highest BCUT2D eigenvalue weighted by Crippen LogP contribution is 2.35. The maximum Gasteiger partial charge on any atom is 0.311 e. The smallest absolute Gasteiger partial charge is 0.311 e. The number of aromatic nitrogens is 1. The fourth-order valence-corrected chi connectivity index (χ4v) is 4.29. The van der Waals surface area contributed by atoms with Crippen molar-refractivity contribution < 1.29 is 13.3 Å². The molecule has 3 rings (SSSR count). The Morgan fingerprint density at radius 3 is 2.41 bits per heavy atom. The van der Waals surface area contributed by atoms with Crippen molar-refractivity contribution in [2.24, 2.45) is 0 Å². The number of rotatable bonds is 5. The molecule has 0 bridgehead atoms.